The minimum absolute atomic E-state index is 0.00175. The molecule has 0 aromatic heterocycles. The SMILES string of the molecule is CC(C)CNC(=O)C(C)N(Cc1ccc(F)cc1)C(=O)CN1C(=O)c2ccccc2S1(=O)=O. The Morgan fingerprint density at radius 2 is 1.70 bits per heavy atom. The number of fused-ring (bicyclic) bond motifs is 1. The first kappa shape index (κ1) is 24.4. The summed E-state index contributed by atoms with van der Waals surface area (Å²) in [4.78, 5) is 39.7. The van der Waals surface area contributed by atoms with Crippen LogP contribution in [0.1, 0.15) is 36.7 Å². The number of rotatable bonds is 8. The van der Waals surface area contributed by atoms with Crippen LogP contribution in [0.15, 0.2) is 53.4 Å². The second kappa shape index (κ2) is 9.70. The highest BCUT2D eigenvalue weighted by atomic mass is 32.2. The molecule has 0 saturated carbocycles. The molecule has 2 aromatic rings. The van der Waals surface area contributed by atoms with Gasteiger partial charge in [0.1, 0.15) is 23.3 Å². The van der Waals surface area contributed by atoms with Crippen molar-refractivity contribution in [1.82, 2.24) is 14.5 Å². The standard InChI is InChI=1S/C23H26FN3O5S/c1-15(2)12-25-22(29)16(3)26(13-17-8-10-18(24)11-9-17)21(28)14-27-23(30)19-6-4-5-7-20(19)33(27,31)32/h4-11,15-16H,12-14H2,1-3H3,(H,25,29). The van der Waals surface area contributed by atoms with Crippen molar-refractivity contribution < 1.29 is 27.2 Å². The van der Waals surface area contributed by atoms with Gasteiger partial charge in [-0.15, -0.1) is 0 Å². The third-order valence-electron chi connectivity index (χ3n) is 5.31. The van der Waals surface area contributed by atoms with Gasteiger partial charge < -0.3 is 10.2 Å². The first-order valence-electron chi connectivity index (χ1n) is 10.5. The van der Waals surface area contributed by atoms with Gasteiger partial charge in [-0.2, -0.15) is 0 Å². The fraction of sp³-hybridized carbons (Fsp3) is 0.348. The van der Waals surface area contributed by atoms with Crippen LogP contribution >= 0.6 is 0 Å². The lowest BCUT2D eigenvalue weighted by molar-refractivity contribution is -0.140. The Kier molecular flexibility index (Phi) is 7.16. The molecule has 33 heavy (non-hydrogen) atoms. The van der Waals surface area contributed by atoms with Crippen LogP contribution in [-0.2, 0) is 26.2 Å². The number of hydrogen-bond acceptors (Lipinski definition) is 5. The van der Waals surface area contributed by atoms with Gasteiger partial charge in [-0.3, -0.25) is 14.4 Å². The highest BCUT2D eigenvalue weighted by molar-refractivity contribution is 7.90. The Morgan fingerprint density at radius 1 is 1.06 bits per heavy atom. The Morgan fingerprint density at radius 3 is 2.30 bits per heavy atom. The van der Waals surface area contributed by atoms with E-state index in [-0.39, 0.29) is 22.9 Å². The van der Waals surface area contributed by atoms with Crippen LogP contribution in [0.2, 0.25) is 0 Å². The van der Waals surface area contributed by atoms with Gasteiger partial charge in [0.15, 0.2) is 0 Å². The molecule has 0 fully saturated rings. The van der Waals surface area contributed by atoms with E-state index in [4.69, 9.17) is 0 Å². The largest absolute Gasteiger partial charge is 0.354 e. The third kappa shape index (κ3) is 5.22. The Balaban J connectivity index is 1.86. The molecule has 1 aliphatic rings. The van der Waals surface area contributed by atoms with Crippen molar-refractivity contribution in [2.24, 2.45) is 5.92 Å². The molecule has 1 aliphatic heterocycles. The van der Waals surface area contributed by atoms with Crippen molar-refractivity contribution in [1.29, 1.82) is 0 Å². The molecule has 2 aromatic carbocycles. The van der Waals surface area contributed by atoms with E-state index in [2.05, 4.69) is 5.32 Å². The van der Waals surface area contributed by atoms with E-state index in [1.54, 1.807) is 6.07 Å². The van der Waals surface area contributed by atoms with E-state index in [0.717, 1.165) is 0 Å². The van der Waals surface area contributed by atoms with Gasteiger partial charge in [-0.1, -0.05) is 38.1 Å². The van der Waals surface area contributed by atoms with Crippen molar-refractivity contribution in [2.75, 3.05) is 13.1 Å². The monoisotopic (exact) mass is 475 g/mol. The lowest BCUT2D eigenvalue weighted by atomic mass is 10.1. The second-order valence-corrected chi connectivity index (χ2v) is 10.1. The molecule has 8 nitrogen and oxygen atoms in total. The van der Waals surface area contributed by atoms with E-state index in [1.165, 1.54) is 54.3 Å². The first-order chi connectivity index (χ1) is 15.5. The van der Waals surface area contributed by atoms with Gasteiger partial charge in [0.05, 0.1) is 5.56 Å². The lowest BCUT2D eigenvalue weighted by Crippen LogP contribution is -2.51. The summed E-state index contributed by atoms with van der Waals surface area (Å²) in [6.07, 6.45) is 0. The predicted molar refractivity (Wildman–Crippen MR) is 119 cm³/mol. The minimum atomic E-state index is -4.18. The molecule has 1 atom stereocenters. The zero-order valence-corrected chi connectivity index (χ0v) is 19.4. The summed E-state index contributed by atoms with van der Waals surface area (Å²) in [5.74, 6) is -2.20. The summed E-state index contributed by atoms with van der Waals surface area (Å²) in [7, 11) is -4.18. The minimum Gasteiger partial charge on any atom is -0.354 e. The molecule has 1 heterocycles. The molecule has 3 rings (SSSR count). The van der Waals surface area contributed by atoms with Gasteiger partial charge in [-0.25, -0.2) is 17.1 Å². The van der Waals surface area contributed by atoms with E-state index < -0.39 is 46.1 Å². The second-order valence-electron chi connectivity index (χ2n) is 8.28. The van der Waals surface area contributed by atoms with Gasteiger partial charge in [0, 0.05) is 13.1 Å². The summed E-state index contributed by atoms with van der Waals surface area (Å²) >= 11 is 0. The normalized spacial score (nSPS) is 15.3. The number of nitrogens with one attached hydrogen (secondary N) is 1. The molecule has 0 saturated heterocycles. The van der Waals surface area contributed by atoms with Crippen LogP contribution in [0, 0.1) is 11.7 Å². The molecule has 1 N–H and O–H groups in total. The molecule has 0 bridgehead atoms. The van der Waals surface area contributed by atoms with E-state index in [0.29, 0.717) is 16.4 Å². The van der Waals surface area contributed by atoms with Crippen LogP contribution in [0.5, 0.6) is 0 Å². The van der Waals surface area contributed by atoms with Crippen molar-refractivity contribution in [3.05, 3.63) is 65.5 Å². The first-order valence-corrected chi connectivity index (χ1v) is 11.9. The number of nitrogens with zero attached hydrogens (tertiary/aromatic N) is 2. The number of carbonyl (C=O) groups is 3. The maximum atomic E-state index is 13.3. The summed E-state index contributed by atoms with van der Waals surface area (Å²) in [6, 6.07) is 10.2. The lowest BCUT2D eigenvalue weighted by Gasteiger charge is -2.30. The summed E-state index contributed by atoms with van der Waals surface area (Å²) in [5, 5.41) is 2.75. The van der Waals surface area contributed by atoms with Crippen molar-refractivity contribution >= 4 is 27.7 Å². The van der Waals surface area contributed by atoms with E-state index in [1.807, 2.05) is 13.8 Å². The summed E-state index contributed by atoms with van der Waals surface area (Å²) in [5.41, 5.74) is 0.547. The van der Waals surface area contributed by atoms with Crippen LogP contribution < -0.4 is 5.32 Å². The number of halogens is 1. The van der Waals surface area contributed by atoms with Crippen LogP contribution in [0.3, 0.4) is 0 Å². The maximum absolute atomic E-state index is 13.3. The molecular weight excluding hydrogens is 449 g/mol. The maximum Gasteiger partial charge on any atom is 0.269 e. The van der Waals surface area contributed by atoms with Crippen molar-refractivity contribution in [2.45, 2.75) is 38.3 Å². The Hall–Kier alpha value is -3.27. The number of carbonyl (C=O) groups excluding carboxylic acids is 3. The highest BCUT2D eigenvalue weighted by Crippen LogP contribution is 2.30. The Labute approximate surface area is 192 Å². The highest BCUT2D eigenvalue weighted by Gasteiger charge is 2.43. The molecule has 0 radical (unpaired) electrons. The molecule has 3 amide bonds. The van der Waals surface area contributed by atoms with E-state index >= 15 is 0 Å². The number of hydrogen-bond donors (Lipinski definition) is 1. The van der Waals surface area contributed by atoms with E-state index in [9.17, 15) is 27.2 Å². The average molecular weight is 476 g/mol. The van der Waals surface area contributed by atoms with Gasteiger partial charge >= 0.3 is 0 Å². The molecule has 0 aliphatic carbocycles. The third-order valence-corrected chi connectivity index (χ3v) is 7.10. The van der Waals surface area contributed by atoms with Crippen LogP contribution in [-0.4, -0.2) is 54.5 Å². The summed E-state index contributed by atoms with van der Waals surface area (Å²) in [6.45, 7) is 4.95. The van der Waals surface area contributed by atoms with Crippen LogP contribution in [0.25, 0.3) is 0 Å². The smallest absolute Gasteiger partial charge is 0.269 e. The predicted octanol–water partition coefficient (Wildman–Crippen LogP) is 2.16. The zero-order valence-electron chi connectivity index (χ0n) is 18.6. The number of benzene rings is 2. The van der Waals surface area contributed by atoms with Gasteiger partial charge in [0.2, 0.25) is 11.8 Å². The van der Waals surface area contributed by atoms with Crippen molar-refractivity contribution in [3.63, 3.8) is 0 Å². The molecule has 176 valence electrons. The number of sulfonamides is 1. The quantitative estimate of drug-likeness (QED) is 0.630. The molecule has 10 heteroatoms. The molecular formula is C23H26FN3O5S. The Bertz CT molecular complexity index is 1160. The topological polar surface area (TPSA) is 104 Å². The summed E-state index contributed by atoms with van der Waals surface area (Å²) < 4.78 is 39.5. The zero-order chi connectivity index (χ0) is 24.3. The molecule has 0 spiro atoms. The van der Waals surface area contributed by atoms with Gasteiger partial charge in [-0.05, 0) is 42.7 Å². The fourth-order valence-corrected chi connectivity index (χ4v) is 4.94. The average Bonchev–Trinajstić information content (AvgIpc) is 2.97. The molecule has 1 unspecified atom stereocenters. The number of amides is 3. The van der Waals surface area contributed by atoms with Crippen molar-refractivity contribution in [3.8, 4) is 0 Å². The van der Waals surface area contributed by atoms with Crippen LogP contribution in [0.4, 0.5) is 4.39 Å². The fourth-order valence-electron chi connectivity index (χ4n) is 3.42. The van der Waals surface area contributed by atoms with Gasteiger partial charge in [0.25, 0.3) is 15.9 Å².